The molecule has 1 fully saturated rings. The van der Waals surface area contributed by atoms with Crippen LogP contribution in [0.3, 0.4) is 0 Å². The second-order valence-electron chi connectivity index (χ2n) is 5.19. The van der Waals surface area contributed by atoms with Gasteiger partial charge in [-0.05, 0) is 18.7 Å². The van der Waals surface area contributed by atoms with E-state index in [1.165, 1.54) is 5.56 Å². The zero-order valence-corrected chi connectivity index (χ0v) is 10.1. The molecule has 94 valence electrons. The molecule has 0 spiro atoms. The van der Waals surface area contributed by atoms with E-state index in [-0.39, 0.29) is 24.5 Å². The quantitative estimate of drug-likeness (QED) is 0.742. The maximum Gasteiger partial charge on any atom is 0.231 e. The molecular weight excluding hydrogens is 232 g/mol. The molecular formula is C13H14N2O3. The highest BCUT2D eigenvalue weighted by atomic mass is 16.7. The van der Waals surface area contributed by atoms with Crippen molar-refractivity contribution in [3.8, 4) is 11.5 Å². The standard InChI is InChI=1S/C13H14N2O3/c1-15-4-8-7-2-3-10-12(18-6-17-10)11(7)14-13(16)9(8)5-15/h2-3,8-9H,4-6H2,1H3,(H,14,16)/t8-,9+/m0/s1. The molecule has 0 aliphatic carbocycles. The van der Waals surface area contributed by atoms with E-state index in [0.29, 0.717) is 5.75 Å². The predicted molar refractivity (Wildman–Crippen MR) is 64.9 cm³/mol. The Balaban J connectivity index is 1.87. The molecule has 2 atom stereocenters. The van der Waals surface area contributed by atoms with Crippen LogP contribution in [-0.2, 0) is 4.79 Å². The molecule has 0 bridgehead atoms. The van der Waals surface area contributed by atoms with Crippen LogP contribution in [0.15, 0.2) is 12.1 Å². The molecule has 5 nitrogen and oxygen atoms in total. The van der Waals surface area contributed by atoms with Gasteiger partial charge in [0.15, 0.2) is 11.5 Å². The van der Waals surface area contributed by atoms with Crippen molar-refractivity contribution in [3.63, 3.8) is 0 Å². The minimum absolute atomic E-state index is 0.0582. The van der Waals surface area contributed by atoms with Crippen molar-refractivity contribution in [2.75, 3.05) is 32.2 Å². The number of likely N-dealkylation sites (N-methyl/N-ethyl adjacent to an activating group) is 1. The lowest BCUT2D eigenvalue weighted by molar-refractivity contribution is -0.120. The van der Waals surface area contributed by atoms with Crippen LogP contribution in [0.25, 0.3) is 0 Å². The fourth-order valence-corrected chi connectivity index (χ4v) is 3.22. The first-order valence-electron chi connectivity index (χ1n) is 6.16. The van der Waals surface area contributed by atoms with Gasteiger partial charge in [0, 0.05) is 19.0 Å². The van der Waals surface area contributed by atoms with E-state index in [4.69, 9.17) is 9.47 Å². The Morgan fingerprint density at radius 2 is 2.11 bits per heavy atom. The summed E-state index contributed by atoms with van der Waals surface area (Å²) in [7, 11) is 2.05. The van der Waals surface area contributed by atoms with Crippen LogP contribution < -0.4 is 14.8 Å². The van der Waals surface area contributed by atoms with E-state index in [1.807, 2.05) is 6.07 Å². The summed E-state index contributed by atoms with van der Waals surface area (Å²) in [6.45, 7) is 1.98. The Hall–Kier alpha value is -1.75. The molecule has 3 aliphatic rings. The highest BCUT2D eigenvalue weighted by Crippen LogP contribution is 2.49. The third-order valence-electron chi connectivity index (χ3n) is 4.06. The van der Waals surface area contributed by atoms with Gasteiger partial charge in [-0.2, -0.15) is 0 Å². The molecule has 4 rings (SSSR count). The molecule has 0 saturated carbocycles. The van der Waals surface area contributed by atoms with Crippen molar-refractivity contribution in [3.05, 3.63) is 17.7 Å². The van der Waals surface area contributed by atoms with Gasteiger partial charge >= 0.3 is 0 Å². The van der Waals surface area contributed by atoms with Crippen LogP contribution in [0.2, 0.25) is 0 Å². The zero-order chi connectivity index (χ0) is 12.3. The molecule has 1 aromatic carbocycles. The van der Waals surface area contributed by atoms with Crippen LogP contribution in [0.5, 0.6) is 11.5 Å². The van der Waals surface area contributed by atoms with E-state index in [1.54, 1.807) is 0 Å². The minimum Gasteiger partial charge on any atom is -0.454 e. The van der Waals surface area contributed by atoms with E-state index in [0.717, 1.165) is 24.5 Å². The van der Waals surface area contributed by atoms with E-state index >= 15 is 0 Å². The number of rotatable bonds is 0. The fraction of sp³-hybridized carbons (Fsp3) is 0.462. The van der Waals surface area contributed by atoms with Gasteiger partial charge in [-0.1, -0.05) is 6.07 Å². The number of fused-ring (bicyclic) bond motifs is 5. The molecule has 1 saturated heterocycles. The molecule has 1 amide bonds. The van der Waals surface area contributed by atoms with Crippen LogP contribution in [-0.4, -0.2) is 37.7 Å². The number of likely N-dealkylation sites (tertiary alicyclic amines) is 1. The van der Waals surface area contributed by atoms with Gasteiger partial charge in [-0.25, -0.2) is 0 Å². The number of nitrogens with zero attached hydrogens (tertiary/aromatic N) is 1. The van der Waals surface area contributed by atoms with Gasteiger partial charge in [0.1, 0.15) is 0 Å². The molecule has 1 N–H and O–H groups in total. The summed E-state index contributed by atoms with van der Waals surface area (Å²) in [4.78, 5) is 14.4. The van der Waals surface area contributed by atoms with Gasteiger partial charge in [-0.3, -0.25) is 4.79 Å². The average molecular weight is 246 g/mol. The van der Waals surface area contributed by atoms with Gasteiger partial charge < -0.3 is 19.7 Å². The Morgan fingerprint density at radius 3 is 3.00 bits per heavy atom. The Labute approximate surface area is 105 Å². The number of hydrogen-bond donors (Lipinski definition) is 1. The monoisotopic (exact) mass is 246 g/mol. The summed E-state index contributed by atoms with van der Waals surface area (Å²) in [5.74, 6) is 1.84. The molecule has 5 heteroatoms. The fourth-order valence-electron chi connectivity index (χ4n) is 3.22. The SMILES string of the molecule is CN1C[C@H]2C(=O)Nc3c(ccc4c3OCO4)[C@@H]2C1. The molecule has 18 heavy (non-hydrogen) atoms. The van der Waals surface area contributed by atoms with Crippen LogP contribution >= 0.6 is 0 Å². The lowest BCUT2D eigenvalue weighted by Crippen LogP contribution is -2.33. The van der Waals surface area contributed by atoms with Gasteiger partial charge in [0.2, 0.25) is 12.7 Å². The van der Waals surface area contributed by atoms with E-state index in [9.17, 15) is 4.79 Å². The van der Waals surface area contributed by atoms with Crippen molar-refractivity contribution in [1.29, 1.82) is 0 Å². The van der Waals surface area contributed by atoms with Crippen molar-refractivity contribution < 1.29 is 14.3 Å². The van der Waals surface area contributed by atoms with E-state index < -0.39 is 0 Å². The predicted octanol–water partition coefficient (Wildman–Crippen LogP) is 1.01. The van der Waals surface area contributed by atoms with Crippen LogP contribution in [0.1, 0.15) is 11.5 Å². The normalized spacial score (nSPS) is 28.8. The first-order valence-corrected chi connectivity index (χ1v) is 6.16. The number of carbonyl (C=O) groups is 1. The maximum atomic E-state index is 12.1. The molecule has 3 aliphatic heterocycles. The number of nitrogens with one attached hydrogen (secondary N) is 1. The van der Waals surface area contributed by atoms with Gasteiger partial charge in [0.25, 0.3) is 0 Å². The lowest BCUT2D eigenvalue weighted by atomic mass is 9.84. The van der Waals surface area contributed by atoms with Crippen LogP contribution in [0.4, 0.5) is 5.69 Å². The second-order valence-corrected chi connectivity index (χ2v) is 5.19. The Morgan fingerprint density at radius 1 is 1.28 bits per heavy atom. The summed E-state index contributed by atoms with van der Waals surface area (Å²) in [5, 5.41) is 2.98. The van der Waals surface area contributed by atoms with Crippen LogP contribution in [0, 0.1) is 5.92 Å². The Kier molecular flexibility index (Phi) is 1.92. The first-order chi connectivity index (χ1) is 8.74. The number of benzene rings is 1. The van der Waals surface area contributed by atoms with Crippen molar-refractivity contribution in [2.24, 2.45) is 5.92 Å². The molecule has 0 aromatic heterocycles. The van der Waals surface area contributed by atoms with Crippen molar-refractivity contribution in [2.45, 2.75) is 5.92 Å². The average Bonchev–Trinajstić information content (AvgIpc) is 2.94. The molecule has 1 aromatic rings. The summed E-state index contributed by atoms with van der Waals surface area (Å²) in [6, 6.07) is 3.99. The Bertz CT molecular complexity index is 543. The van der Waals surface area contributed by atoms with Gasteiger partial charge in [-0.15, -0.1) is 0 Å². The first kappa shape index (κ1) is 10.2. The highest BCUT2D eigenvalue weighted by molar-refractivity contribution is 5.99. The van der Waals surface area contributed by atoms with Gasteiger partial charge in [0.05, 0.1) is 11.6 Å². The third-order valence-corrected chi connectivity index (χ3v) is 4.06. The van der Waals surface area contributed by atoms with Crippen molar-refractivity contribution in [1.82, 2.24) is 4.90 Å². The number of amides is 1. The smallest absolute Gasteiger partial charge is 0.231 e. The summed E-state index contributed by atoms with van der Waals surface area (Å²) >= 11 is 0. The molecule has 3 heterocycles. The highest BCUT2D eigenvalue weighted by Gasteiger charge is 2.43. The molecule has 0 radical (unpaired) electrons. The summed E-state index contributed by atoms with van der Waals surface area (Å²) in [6.07, 6.45) is 0. The van der Waals surface area contributed by atoms with Crippen molar-refractivity contribution >= 4 is 11.6 Å². The summed E-state index contributed by atoms with van der Waals surface area (Å²) < 4.78 is 10.8. The molecule has 0 unspecified atom stereocenters. The zero-order valence-electron chi connectivity index (χ0n) is 10.1. The number of hydrogen-bond acceptors (Lipinski definition) is 4. The third kappa shape index (κ3) is 1.22. The largest absolute Gasteiger partial charge is 0.454 e. The summed E-state index contributed by atoms with van der Waals surface area (Å²) in [5.41, 5.74) is 1.99. The minimum atomic E-state index is 0.0582. The number of carbonyl (C=O) groups excluding carboxylic acids is 1. The second kappa shape index (κ2) is 3.38. The lowest BCUT2D eigenvalue weighted by Gasteiger charge is -2.27. The maximum absolute atomic E-state index is 12.1. The topological polar surface area (TPSA) is 50.8 Å². The van der Waals surface area contributed by atoms with E-state index in [2.05, 4.69) is 23.3 Å². The number of anilines is 1. The number of ether oxygens (including phenoxy) is 2.